The number of hydrogen-bond donors (Lipinski definition) is 3. The summed E-state index contributed by atoms with van der Waals surface area (Å²) in [7, 11) is 1.15. The van der Waals surface area contributed by atoms with Gasteiger partial charge in [-0.15, -0.1) is 0 Å². The molecule has 2 heterocycles. The quantitative estimate of drug-likeness (QED) is 0.680. The maximum Gasteiger partial charge on any atom is 0.343 e. The molecule has 1 aliphatic rings. The van der Waals surface area contributed by atoms with Crippen molar-refractivity contribution in [2.75, 3.05) is 13.7 Å². The second-order valence-corrected chi connectivity index (χ2v) is 6.05. The van der Waals surface area contributed by atoms with Crippen molar-refractivity contribution in [3.8, 4) is 11.5 Å². The van der Waals surface area contributed by atoms with E-state index in [4.69, 9.17) is 10.5 Å². The number of amides is 1. The van der Waals surface area contributed by atoms with Crippen LogP contribution in [0.15, 0.2) is 40.8 Å². The zero-order valence-electron chi connectivity index (χ0n) is 14.5. The Bertz CT molecular complexity index is 992. The molecule has 1 atom stereocenters. The van der Waals surface area contributed by atoms with Crippen LogP contribution < -0.4 is 16.0 Å². The number of rotatable bonds is 5. The highest BCUT2D eigenvalue weighted by Gasteiger charge is 2.30. The minimum absolute atomic E-state index is 0.107. The molecule has 1 aromatic heterocycles. The van der Waals surface area contributed by atoms with E-state index in [1.807, 2.05) is 18.2 Å². The molecule has 0 radical (unpaired) electrons. The molecule has 0 unspecified atom stereocenters. The van der Waals surface area contributed by atoms with E-state index in [0.29, 0.717) is 11.3 Å². The van der Waals surface area contributed by atoms with Crippen molar-refractivity contribution >= 4 is 18.0 Å². The minimum atomic E-state index is -0.857. The maximum atomic E-state index is 12.4. The molecule has 3 rings (SSSR count). The van der Waals surface area contributed by atoms with Crippen molar-refractivity contribution in [3.05, 3.63) is 63.1 Å². The number of fused-ring (bicyclic) bond motifs is 1. The van der Waals surface area contributed by atoms with Crippen molar-refractivity contribution in [3.63, 3.8) is 0 Å². The van der Waals surface area contributed by atoms with E-state index in [1.165, 1.54) is 0 Å². The lowest BCUT2D eigenvalue weighted by Gasteiger charge is -2.25. The fourth-order valence-electron chi connectivity index (χ4n) is 3.08. The molecule has 8 nitrogen and oxygen atoms in total. The van der Waals surface area contributed by atoms with Gasteiger partial charge < -0.3 is 25.3 Å². The van der Waals surface area contributed by atoms with Gasteiger partial charge in [0.25, 0.3) is 5.56 Å². The Morgan fingerprint density at radius 3 is 2.81 bits per heavy atom. The van der Waals surface area contributed by atoms with Gasteiger partial charge in [-0.05, 0) is 17.7 Å². The highest BCUT2D eigenvalue weighted by Crippen LogP contribution is 2.37. The number of nitrogens with one attached hydrogen (secondary N) is 1. The van der Waals surface area contributed by atoms with Gasteiger partial charge in [0, 0.05) is 24.1 Å². The molecule has 0 fully saturated rings. The van der Waals surface area contributed by atoms with E-state index in [2.05, 4.69) is 9.72 Å². The third-order valence-corrected chi connectivity index (χ3v) is 4.36. The van der Waals surface area contributed by atoms with Crippen LogP contribution in [0.5, 0.6) is 11.5 Å². The highest BCUT2D eigenvalue weighted by molar-refractivity contribution is 5.92. The van der Waals surface area contributed by atoms with Gasteiger partial charge in [-0.1, -0.05) is 18.2 Å². The van der Waals surface area contributed by atoms with Crippen LogP contribution in [-0.4, -0.2) is 35.7 Å². The summed E-state index contributed by atoms with van der Waals surface area (Å²) in [6.45, 7) is 0.107. The van der Waals surface area contributed by atoms with Gasteiger partial charge in [-0.3, -0.25) is 9.59 Å². The summed E-state index contributed by atoms with van der Waals surface area (Å²) >= 11 is 0. The molecule has 4 N–H and O–H groups in total. The standard InChI is InChI=1S/C19H18N2O6/c1-26-19(25)13-8-21-18(24)16(17(13)23)12(7-15(20)22)11-6-10-4-2-3-5-14(10)27-9-11/h2-6,8,12H,7,9H2,1H3,(H2,20,22)(H2,21,23,24)/t12-/m0/s1. The van der Waals surface area contributed by atoms with E-state index >= 15 is 0 Å². The zero-order chi connectivity index (χ0) is 19.6. The van der Waals surface area contributed by atoms with E-state index in [9.17, 15) is 19.5 Å². The van der Waals surface area contributed by atoms with Crippen LogP contribution in [0.2, 0.25) is 0 Å². The Morgan fingerprint density at radius 2 is 2.11 bits per heavy atom. The lowest BCUT2D eigenvalue weighted by atomic mass is 9.85. The smallest absolute Gasteiger partial charge is 0.343 e. The summed E-state index contributed by atoms with van der Waals surface area (Å²) < 4.78 is 10.3. The lowest BCUT2D eigenvalue weighted by molar-refractivity contribution is -0.118. The molecule has 1 aromatic carbocycles. The number of benzene rings is 1. The van der Waals surface area contributed by atoms with Gasteiger partial charge in [0.2, 0.25) is 5.91 Å². The molecule has 27 heavy (non-hydrogen) atoms. The monoisotopic (exact) mass is 370 g/mol. The number of methoxy groups -OCH3 is 1. The molecule has 0 saturated carbocycles. The maximum absolute atomic E-state index is 12.4. The first-order chi connectivity index (χ1) is 12.9. The van der Waals surface area contributed by atoms with Crippen molar-refractivity contribution in [1.29, 1.82) is 0 Å². The summed E-state index contributed by atoms with van der Waals surface area (Å²) in [4.78, 5) is 38.3. The van der Waals surface area contributed by atoms with Gasteiger partial charge in [-0.2, -0.15) is 0 Å². The number of ether oxygens (including phenoxy) is 2. The Labute approximate surface area is 154 Å². The first kappa shape index (κ1) is 18.2. The van der Waals surface area contributed by atoms with E-state index in [1.54, 1.807) is 12.1 Å². The number of primary amides is 1. The normalized spacial score (nSPS) is 13.7. The van der Waals surface area contributed by atoms with Gasteiger partial charge in [0.15, 0.2) is 0 Å². The fourth-order valence-corrected chi connectivity index (χ4v) is 3.08. The van der Waals surface area contributed by atoms with Crippen LogP contribution in [0.1, 0.15) is 33.8 Å². The van der Waals surface area contributed by atoms with Gasteiger partial charge >= 0.3 is 5.97 Å². The number of carbonyl (C=O) groups excluding carboxylic acids is 2. The Kier molecular flexibility index (Phi) is 4.98. The van der Waals surface area contributed by atoms with Gasteiger partial charge in [0.05, 0.1) is 12.7 Å². The largest absolute Gasteiger partial charge is 0.506 e. The Balaban J connectivity index is 2.15. The number of carbonyl (C=O) groups is 2. The predicted octanol–water partition coefficient (Wildman–Crippen LogP) is 1.30. The molecule has 0 spiro atoms. The topological polar surface area (TPSA) is 132 Å². The van der Waals surface area contributed by atoms with Crippen LogP contribution in [0.4, 0.5) is 0 Å². The molecular weight excluding hydrogens is 352 g/mol. The molecule has 140 valence electrons. The zero-order valence-corrected chi connectivity index (χ0v) is 14.5. The fraction of sp³-hybridized carbons (Fsp3) is 0.211. The molecule has 0 aliphatic carbocycles. The number of pyridine rings is 1. The third kappa shape index (κ3) is 3.55. The molecule has 0 bridgehead atoms. The van der Waals surface area contributed by atoms with E-state index < -0.39 is 29.1 Å². The van der Waals surface area contributed by atoms with Crippen molar-refractivity contribution in [1.82, 2.24) is 4.98 Å². The second-order valence-electron chi connectivity index (χ2n) is 6.05. The number of aromatic nitrogens is 1. The second kappa shape index (κ2) is 7.36. The predicted molar refractivity (Wildman–Crippen MR) is 96.5 cm³/mol. The van der Waals surface area contributed by atoms with Crippen LogP contribution in [-0.2, 0) is 9.53 Å². The van der Waals surface area contributed by atoms with Gasteiger partial charge in [0.1, 0.15) is 23.7 Å². The Hall–Kier alpha value is -3.55. The van der Waals surface area contributed by atoms with Crippen LogP contribution in [0, 0.1) is 0 Å². The summed E-state index contributed by atoms with van der Waals surface area (Å²) in [6, 6.07) is 7.28. The van der Waals surface area contributed by atoms with Crippen LogP contribution in [0.25, 0.3) is 6.08 Å². The molecule has 1 aliphatic heterocycles. The van der Waals surface area contributed by atoms with E-state index in [0.717, 1.165) is 18.9 Å². The Morgan fingerprint density at radius 1 is 1.37 bits per heavy atom. The average molecular weight is 370 g/mol. The lowest BCUT2D eigenvalue weighted by Crippen LogP contribution is -2.26. The number of para-hydroxylation sites is 1. The van der Waals surface area contributed by atoms with E-state index in [-0.39, 0.29) is 24.2 Å². The molecular formula is C19H18N2O6. The third-order valence-electron chi connectivity index (χ3n) is 4.36. The highest BCUT2D eigenvalue weighted by atomic mass is 16.5. The number of H-pyrrole nitrogens is 1. The molecule has 0 saturated heterocycles. The summed E-state index contributed by atoms with van der Waals surface area (Å²) in [5.74, 6) is -2.22. The first-order valence-corrected chi connectivity index (χ1v) is 8.15. The minimum Gasteiger partial charge on any atom is -0.506 e. The van der Waals surface area contributed by atoms with Crippen molar-refractivity contribution in [2.24, 2.45) is 5.73 Å². The number of esters is 1. The summed E-state index contributed by atoms with van der Waals surface area (Å²) in [6.07, 6.45) is 2.62. The molecule has 1 amide bonds. The van der Waals surface area contributed by atoms with Crippen molar-refractivity contribution < 1.29 is 24.2 Å². The number of hydrogen-bond acceptors (Lipinski definition) is 6. The van der Waals surface area contributed by atoms with Crippen LogP contribution >= 0.6 is 0 Å². The summed E-state index contributed by atoms with van der Waals surface area (Å²) in [5, 5.41) is 10.5. The average Bonchev–Trinajstić information content (AvgIpc) is 2.66. The van der Waals surface area contributed by atoms with Gasteiger partial charge in [-0.25, -0.2) is 4.79 Å². The number of nitrogens with two attached hydrogens (primary N) is 1. The van der Waals surface area contributed by atoms with Crippen LogP contribution in [0.3, 0.4) is 0 Å². The molecule has 2 aromatic rings. The number of aromatic amines is 1. The first-order valence-electron chi connectivity index (χ1n) is 8.15. The summed E-state index contributed by atoms with van der Waals surface area (Å²) in [5.41, 5.74) is 5.74. The van der Waals surface area contributed by atoms with Crippen molar-refractivity contribution in [2.45, 2.75) is 12.3 Å². The number of aromatic hydroxyl groups is 1. The SMILES string of the molecule is COC(=O)c1c[nH]c(=O)c([C@@H](CC(N)=O)C2=Cc3ccccc3OC2)c1O. The molecule has 8 heteroatoms.